The molecule has 0 aliphatic rings. The fourth-order valence-electron chi connectivity index (χ4n) is 3.46. The summed E-state index contributed by atoms with van der Waals surface area (Å²) in [6.45, 7) is 13.9. The summed E-state index contributed by atoms with van der Waals surface area (Å²) in [6, 6.07) is 5.64. The Morgan fingerprint density at radius 1 is 1.12 bits per heavy atom. The predicted octanol–water partition coefficient (Wildman–Crippen LogP) is 2.54. The smallest absolute Gasteiger partial charge is 0.198 e. The standard InChI is InChI=1S/C20H30N2O2/c1-13(2)10-22(11-14(3)4)12-17-15(5)21-19-16(20(17)23)8-7-9-18(19)24-6/h7-9,13-14H,10-12H2,1-6H3,(H,21,23)/p+1. The highest BCUT2D eigenvalue weighted by atomic mass is 16.5. The van der Waals surface area contributed by atoms with E-state index in [9.17, 15) is 4.79 Å². The number of para-hydroxylation sites is 1. The molecule has 24 heavy (non-hydrogen) atoms. The fourth-order valence-corrected chi connectivity index (χ4v) is 3.46. The zero-order chi connectivity index (χ0) is 17.9. The molecule has 0 unspecified atom stereocenters. The van der Waals surface area contributed by atoms with Crippen molar-refractivity contribution in [2.75, 3.05) is 20.2 Å². The molecular weight excluding hydrogens is 300 g/mol. The SMILES string of the molecule is COc1cccc2c(=O)c(C[NH+](CC(C)C)CC(C)C)c(C)[nH]c12. The van der Waals surface area contributed by atoms with E-state index in [0.29, 0.717) is 23.0 Å². The summed E-state index contributed by atoms with van der Waals surface area (Å²) >= 11 is 0. The third-order valence-electron chi connectivity index (χ3n) is 4.35. The number of quaternary nitrogens is 1. The summed E-state index contributed by atoms with van der Waals surface area (Å²) in [5.41, 5.74) is 2.76. The van der Waals surface area contributed by atoms with Gasteiger partial charge in [-0.1, -0.05) is 33.8 Å². The van der Waals surface area contributed by atoms with E-state index in [4.69, 9.17) is 4.74 Å². The van der Waals surface area contributed by atoms with Gasteiger partial charge in [-0.2, -0.15) is 0 Å². The molecule has 0 aliphatic heterocycles. The van der Waals surface area contributed by atoms with E-state index in [1.54, 1.807) is 7.11 Å². The molecule has 1 aromatic carbocycles. The van der Waals surface area contributed by atoms with Crippen molar-refractivity contribution in [2.45, 2.75) is 41.2 Å². The molecule has 0 amide bonds. The largest absolute Gasteiger partial charge is 0.495 e. The minimum absolute atomic E-state index is 0.130. The van der Waals surface area contributed by atoms with Crippen molar-refractivity contribution >= 4 is 10.9 Å². The summed E-state index contributed by atoms with van der Waals surface area (Å²) in [6.07, 6.45) is 0. The average Bonchev–Trinajstić information content (AvgIpc) is 2.49. The van der Waals surface area contributed by atoms with Crippen molar-refractivity contribution in [3.8, 4) is 5.75 Å². The highest BCUT2D eigenvalue weighted by Crippen LogP contribution is 2.22. The molecule has 0 fully saturated rings. The monoisotopic (exact) mass is 331 g/mol. The van der Waals surface area contributed by atoms with Gasteiger partial charge in [0.2, 0.25) is 0 Å². The molecule has 1 heterocycles. The molecule has 0 saturated carbocycles. The Balaban J connectivity index is 2.46. The van der Waals surface area contributed by atoms with Crippen molar-refractivity contribution in [1.29, 1.82) is 0 Å². The van der Waals surface area contributed by atoms with Crippen LogP contribution in [0.25, 0.3) is 10.9 Å². The summed E-state index contributed by atoms with van der Waals surface area (Å²) < 4.78 is 5.39. The number of ether oxygens (including phenoxy) is 1. The Morgan fingerprint density at radius 3 is 2.29 bits per heavy atom. The predicted molar refractivity (Wildman–Crippen MR) is 99.9 cm³/mol. The lowest BCUT2D eigenvalue weighted by Crippen LogP contribution is -3.12. The minimum Gasteiger partial charge on any atom is -0.495 e. The van der Waals surface area contributed by atoms with E-state index < -0.39 is 0 Å². The first-order chi connectivity index (χ1) is 11.3. The van der Waals surface area contributed by atoms with Crippen LogP contribution in [-0.4, -0.2) is 25.2 Å². The third kappa shape index (κ3) is 4.18. The highest BCUT2D eigenvalue weighted by Gasteiger charge is 2.19. The van der Waals surface area contributed by atoms with Crippen molar-refractivity contribution in [3.05, 3.63) is 39.7 Å². The maximum Gasteiger partial charge on any atom is 0.198 e. The van der Waals surface area contributed by atoms with Crippen LogP contribution in [0.3, 0.4) is 0 Å². The van der Waals surface area contributed by atoms with Gasteiger partial charge in [-0.05, 0) is 19.1 Å². The van der Waals surface area contributed by atoms with Gasteiger partial charge in [-0.25, -0.2) is 0 Å². The first-order valence-corrected chi connectivity index (χ1v) is 8.85. The number of methoxy groups -OCH3 is 1. The molecule has 0 atom stereocenters. The van der Waals surface area contributed by atoms with Crippen molar-refractivity contribution in [2.24, 2.45) is 11.8 Å². The average molecular weight is 331 g/mol. The molecule has 2 N–H and O–H groups in total. The van der Waals surface area contributed by atoms with Crippen LogP contribution in [0, 0.1) is 18.8 Å². The molecule has 0 radical (unpaired) electrons. The second-order valence-corrected chi connectivity index (χ2v) is 7.56. The molecule has 2 rings (SSSR count). The van der Waals surface area contributed by atoms with Crippen molar-refractivity contribution in [1.82, 2.24) is 4.98 Å². The van der Waals surface area contributed by atoms with E-state index in [1.807, 2.05) is 25.1 Å². The molecule has 4 heteroatoms. The van der Waals surface area contributed by atoms with Crippen LogP contribution >= 0.6 is 0 Å². The van der Waals surface area contributed by atoms with E-state index in [0.717, 1.165) is 36.4 Å². The Labute approximate surface area is 144 Å². The van der Waals surface area contributed by atoms with Gasteiger partial charge in [0.15, 0.2) is 5.43 Å². The molecule has 0 saturated heterocycles. The lowest BCUT2D eigenvalue weighted by Gasteiger charge is -2.24. The topological polar surface area (TPSA) is 46.5 Å². The molecule has 4 nitrogen and oxygen atoms in total. The number of pyridine rings is 1. The summed E-state index contributed by atoms with van der Waals surface area (Å²) in [4.78, 5) is 17.9. The van der Waals surface area contributed by atoms with Gasteiger partial charge in [0.05, 0.1) is 31.3 Å². The molecule has 132 valence electrons. The molecular formula is C20H31N2O2+. The zero-order valence-corrected chi connectivity index (χ0v) is 15.8. The van der Waals surface area contributed by atoms with Crippen LogP contribution in [0.15, 0.2) is 23.0 Å². The van der Waals surface area contributed by atoms with Gasteiger partial charge in [-0.15, -0.1) is 0 Å². The first-order valence-electron chi connectivity index (χ1n) is 8.85. The second kappa shape index (κ2) is 7.84. The number of rotatable bonds is 7. The Kier molecular flexibility index (Phi) is 6.05. The summed E-state index contributed by atoms with van der Waals surface area (Å²) in [5.74, 6) is 1.94. The number of H-pyrrole nitrogens is 1. The van der Waals surface area contributed by atoms with Crippen LogP contribution in [-0.2, 0) is 6.54 Å². The van der Waals surface area contributed by atoms with Crippen LogP contribution < -0.4 is 15.1 Å². The quantitative estimate of drug-likeness (QED) is 0.819. The van der Waals surface area contributed by atoms with E-state index in [1.165, 1.54) is 4.90 Å². The number of aromatic amines is 1. The minimum atomic E-state index is 0.130. The van der Waals surface area contributed by atoms with Crippen molar-refractivity contribution in [3.63, 3.8) is 0 Å². The number of hydrogen-bond donors (Lipinski definition) is 2. The molecule has 0 spiro atoms. The fraction of sp³-hybridized carbons (Fsp3) is 0.550. The van der Waals surface area contributed by atoms with Crippen LogP contribution in [0.5, 0.6) is 5.75 Å². The van der Waals surface area contributed by atoms with E-state index in [2.05, 4.69) is 32.7 Å². The number of aryl methyl sites for hydroxylation is 1. The Bertz CT molecular complexity index is 737. The Hall–Kier alpha value is -1.81. The van der Waals surface area contributed by atoms with Gasteiger partial charge < -0.3 is 14.6 Å². The maximum atomic E-state index is 13.0. The zero-order valence-electron chi connectivity index (χ0n) is 15.8. The lowest BCUT2D eigenvalue weighted by atomic mass is 10.1. The van der Waals surface area contributed by atoms with E-state index >= 15 is 0 Å². The highest BCUT2D eigenvalue weighted by molar-refractivity contribution is 5.85. The molecule has 1 aromatic heterocycles. The van der Waals surface area contributed by atoms with Gasteiger partial charge >= 0.3 is 0 Å². The van der Waals surface area contributed by atoms with Crippen molar-refractivity contribution < 1.29 is 9.64 Å². The molecule has 0 aliphatic carbocycles. The number of aromatic nitrogens is 1. The molecule has 0 bridgehead atoms. The number of fused-ring (bicyclic) bond motifs is 1. The van der Waals surface area contributed by atoms with Crippen LogP contribution in [0.1, 0.15) is 39.0 Å². The first kappa shape index (κ1) is 18.5. The van der Waals surface area contributed by atoms with Gasteiger partial charge in [0.1, 0.15) is 12.3 Å². The van der Waals surface area contributed by atoms with Gasteiger partial charge in [-0.3, -0.25) is 4.79 Å². The van der Waals surface area contributed by atoms with Crippen LogP contribution in [0.2, 0.25) is 0 Å². The number of hydrogen-bond acceptors (Lipinski definition) is 2. The second-order valence-electron chi connectivity index (χ2n) is 7.56. The maximum absolute atomic E-state index is 13.0. The molecule has 2 aromatic rings. The normalized spacial score (nSPS) is 11.9. The van der Waals surface area contributed by atoms with Gasteiger partial charge in [0.25, 0.3) is 0 Å². The summed E-state index contributed by atoms with van der Waals surface area (Å²) in [7, 11) is 1.63. The van der Waals surface area contributed by atoms with Gasteiger partial charge in [0, 0.05) is 22.9 Å². The summed E-state index contributed by atoms with van der Waals surface area (Å²) in [5, 5.41) is 0.711. The van der Waals surface area contributed by atoms with Crippen LogP contribution in [0.4, 0.5) is 0 Å². The third-order valence-corrected chi connectivity index (χ3v) is 4.35. The number of nitrogens with one attached hydrogen (secondary N) is 2. The number of benzene rings is 1. The lowest BCUT2D eigenvalue weighted by molar-refractivity contribution is -0.919. The Morgan fingerprint density at radius 2 is 1.75 bits per heavy atom. The van der Waals surface area contributed by atoms with E-state index in [-0.39, 0.29) is 5.43 Å².